The molecule has 1 aliphatic rings. The van der Waals surface area contributed by atoms with Crippen LogP contribution in [0.2, 0.25) is 0 Å². The van der Waals surface area contributed by atoms with Gasteiger partial charge in [-0.15, -0.1) is 0 Å². The minimum absolute atomic E-state index is 0.0467. The molecule has 1 aliphatic heterocycles. The van der Waals surface area contributed by atoms with Crippen LogP contribution in [-0.4, -0.2) is 38.3 Å². The fourth-order valence-electron chi connectivity index (χ4n) is 1.15. The average molecular weight is 183 g/mol. The van der Waals surface area contributed by atoms with Crippen LogP contribution in [0.15, 0.2) is 0 Å². The monoisotopic (exact) mass is 183 g/mol. The fraction of sp³-hybridized carbons (Fsp3) is 0.750. The molecule has 1 saturated heterocycles. The lowest BCUT2D eigenvalue weighted by Gasteiger charge is -2.08. The van der Waals surface area contributed by atoms with Gasteiger partial charge in [0.25, 0.3) is 0 Å². The van der Waals surface area contributed by atoms with Crippen LogP contribution >= 0.6 is 0 Å². The van der Waals surface area contributed by atoms with Crippen molar-refractivity contribution in [3.05, 3.63) is 0 Å². The van der Waals surface area contributed by atoms with Crippen LogP contribution in [0.1, 0.15) is 6.42 Å². The summed E-state index contributed by atoms with van der Waals surface area (Å²) in [4.78, 5) is 11.0. The van der Waals surface area contributed by atoms with Crippen LogP contribution in [0.5, 0.6) is 0 Å². The van der Waals surface area contributed by atoms with E-state index in [9.17, 15) is 4.79 Å². The number of carbonyl (C=O) groups excluding carboxylic acids is 1. The normalized spacial score (nSPS) is 21.0. The van der Waals surface area contributed by atoms with Gasteiger partial charge < -0.3 is 15.4 Å². The molecule has 72 valence electrons. The first-order valence-electron chi connectivity index (χ1n) is 4.29. The minimum atomic E-state index is -0.228. The second-order valence-corrected chi connectivity index (χ2v) is 2.86. The molecule has 1 rings (SSSR count). The van der Waals surface area contributed by atoms with E-state index in [1.54, 1.807) is 0 Å². The van der Waals surface area contributed by atoms with Crippen molar-refractivity contribution in [3.63, 3.8) is 0 Å². The number of nitriles is 1. The van der Waals surface area contributed by atoms with E-state index in [-0.39, 0.29) is 25.2 Å². The maximum atomic E-state index is 11.0. The van der Waals surface area contributed by atoms with E-state index in [2.05, 4.69) is 10.6 Å². The smallest absolute Gasteiger partial charge is 0.246 e. The van der Waals surface area contributed by atoms with Gasteiger partial charge in [0, 0.05) is 6.54 Å². The van der Waals surface area contributed by atoms with E-state index >= 15 is 0 Å². The van der Waals surface area contributed by atoms with Gasteiger partial charge in [0.1, 0.15) is 13.2 Å². The summed E-state index contributed by atoms with van der Waals surface area (Å²) in [7, 11) is 0. The van der Waals surface area contributed by atoms with Crippen molar-refractivity contribution >= 4 is 5.91 Å². The Morgan fingerprint density at radius 3 is 3.23 bits per heavy atom. The van der Waals surface area contributed by atoms with Gasteiger partial charge in [-0.05, 0) is 13.0 Å². The summed E-state index contributed by atoms with van der Waals surface area (Å²) in [6.45, 7) is 1.86. The highest BCUT2D eigenvalue weighted by atomic mass is 16.5. The van der Waals surface area contributed by atoms with Crippen molar-refractivity contribution in [2.45, 2.75) is 12.5 Å². The molecule has 1 fully saturated rings. The fourth-order valence-corrected chi connectivity index (χ4v) is 1.15. The third-order valence-electron chi connectivity index (χ3n) is 1.83. The molecule has 1 unspecified atom stereocenters. The molecule has 0 aromatic rings. The topological polar surface area (TPSA) is 74.2 Å². The molecular weight excluding hydrogens is 170 g/mol. The van der Waals surface area contributed by atoms with Crippen molar-refractivity contribution in [3.8, 4) is 6.07 Å². The van der Waals surface area contributed by atoms with Gasteiger partial charge in [-0.1, -0.05) is 0 Å². The molecule has 0 radical (unpaired) electrons. The van der Waals surface area contributed by atoms with Crippen LogP contribution < -0.4 is 10.6 Å². The second kappa shape index (κ2) is 5.51. The minimum Gasteiger partial charge on any atom is -0.367 e. The van der Waals surface area contributed by atoms with Crippen molar-refractivity contribution in [2.75, 3.05) is 26.2 Å². The predicted octanol–water partition coefficient (Wildman–Crippen LogP) is -0.995. The van der Waals surface area contributed by atoms with Gasteiger partial charge in [0.2, 0.25) is 5.91 Å². The molecule has 0 aromatic heterocycles. The summed E-state index contributed by atoms with van der Waals surface area (Å²) < 4.78 is 5.28. The lowest BCUT2D eigenvalue weighted by Crippen LogP contribution is -2.30. The Bertz CT molecular complexity index is 206. The first-order chi connectivity index (χ1) is 6.33. The maximum Gasteiger partial charge on any atom is 0.246 e. The number of hydrogen-bond acceptors (Lipinski definition) is 4. The Labute approximate surface area is 77.1 Å². The number of hydrogen-bond donors (Lipinski definition) is 2. The zero-order valence-corrected chi connectivity index (χ0v) is 7.38. The summed E-state index contributed by atoms with van der Waals surface area (Å²) in [5.74, 6) is -0.228. The van der Waals surface area contributed by atoms with Crippen LogP contribution in [-0.2, 0) is 9.53 Å². The van der Waals surface area contributed by atoms with Crippen LogP contribution in [0.4, 0.5) is 0 Å². The lowest BCUT2D eigenvalue weighted by molar-refractivity contribution is -0.127. The van der Waals surface area contributed by atoms with E-state index in [4.69, 9.17) is 10.00 Å². The molecule has 1 amide bonds. The summed E-state index contributed by atoms with van der Waals surface area (Å²) in [6.07, 6.45) is 1.10. The number of ether oxygens (including phenoxy) is 1. The zero-order chi connectivity index (χ0) is 9.52. The lowest BCUT2D eigenvalue weighted by atomic mass is 10.3. The molecule has 5 heteroatoms. The second-order valence-electron chi connectivity index (χ2n) is 2.86. The largest absolute Gasteiger partial charge is 0.367 e. The van der Waals surface area contributed by atoms with Gasteiger partial charge in [-0.3, -0.25) is 4.79 Å². The summed E-state index contributed by atoms with van der Waals surface area (Å²) in [5, 5.41) is 13.7. The third kappa shape index (κ3) is 3.87. The van der Waals surface area contributed by atoms with Gasteiger partial charge in [-0.2, -0.15) is 5.26 Å². The van der Waals surface area contributed by atoms with Crippen molar-refractivity contribution < 1.29 is 9.53 Å². The van der Waals surface area contributed by atoms with E-state index in [0.29, 0.717) is 0 Å². The first kappa shape index (κ1) is 9.96. The maximum absolute atomic E-state index is 11.0. The van der Waals surface area contributed by atoms with Crippen LogP contribution in [0, 0.1) is 11.3 Å². The predicted molar refractivity (Wildman–Crippen MR) is 45.8 cm³/mol. The number of nitrogens with zero attached hydrogens (tertiary/aromatic N) is 1. The highest BCUT2D eigenvalue weighted by molar-refractivity contribution is 5.77. The zero-order valence-electron chi connectivity index (χ0n) is 7.38. The molecular formula is C8H13N3O2. The Morgan fingerprint density at radius 1 is 1.77 bits per heavy atom. The van der Waals surface area contributed by atoms with Crippen molar-refractivity contribution in [2.24, 2.45) is 0 Å². The van der Waals surface area contributed by atoms with E-state index in [1.807, 2.05) is 6.07 Å². The van der Waals surface area contributed by atoms with E-state index in [0.717, 1.165) is 19.5 Å². The molecule has 0 aromatic carbocycles. The number of rotatable bonds is 4. The van der Waals surface area contributed by atoms with Crippen LogP contribution in [0.3, 0.4) is 0 Å². The highest BCUT2D eigenvalue weighted by Crippen LogP contribution is 2.01. The standard InChI is InChI=1S/C8H13N3O2/c9-2-4-11-8(12)6-13-7-1-3-10-5-7/h7,10H,1,3-6H2,(H,11,12). The molecule has 0 saturated carbocycles. The Kier molecular flexibility index (Phi) is 4.23. The molecule has 1 heterocycles. The SMILES string of the molecule is N#CCNC(=O)COC1CCNC1. The number of nitrogens with one attached hydrogen (secondary N) is 2. The quantitative estimate of drug-likeness (QED) is 0.548. The number of amides is 1. The van der Waals surface area contributed by atoms with Crippen molar-refractivity contribution in [1.29, 1.82) is 5.26 Å². The summed E-state index contributed by atoms with van der Waals surface area (Å²) in [5.41, 5.74) is 0. The summed E-state index contributed by atoms with van der Waals surface area (Å²) >= 11 is 0. The van der Waals surface area contributed by atoms with Gasteiger partial charge in [-0.25, -0.2) is 0 Å². The highest BCUT2D eigenvalue weighted by Gasteiger charge is 2.15. The van der Waals surface area contributed by atoms with Gasteiger partial charge in [0.05, 0.1) is 12.2 Å². The Hall–Kier alpha value is -1.12. The molecule has 5 nitrogen and oxygen atoms in total. The molecule has 0 spiro atoms. The number of carbonyl (C=O) groups is 1. The molecule has 0 bridgehead atoms. The summed E-state index contributed by atoms with van der Waals surface area (Å²) in [6, 6.07) is 1.83. The Morgan fingerprint density at radius 2 is 2.62 bits per heavy atom. The average Bonchev–Trinajstić information content (AvgIpc) is 2.64. The van der Waals surface area contributed by atoms with Gasteiger partial charge in [0.15, 0.2) is 0 Å². The van der Waals surface area contributed by atoms with E-state index in [1.165, 1.54) is 0 Å². The first-order valence-corrected chi connectivity index (χ1v) is 4.29. The van der Waals surface area contributed by atoms with E-state index < -0.39 is 0 Å². The van der Waals surface area contributed by atoms with Gasteiger partial charge >= 0.3 is 0 Å². The van der Waals surface area contributed by atoms with Crippen molar-refractivity contribution in [1.82, 2.24) is 10.6 Å². The third-order valence-corrected chi connectivity index (χ3v) is 1.83. The molecule has 0 aliphatic carbocycles. The molecule has 13 heavy (non-hydrogen) atoms. The van der Waals surface area contributed by atoms with Crippen LogP contribution in [0.25, 0.3) is 0 Å². The molecule has 1 atom stereocenters. The Balaban J connectivity index is 2.04. The molecule has 2 N–H and O–H groups in total.